The zero-order valence-electron chi connectivity index (χ0n) is 14.1. The van der Waals surface area contributed by atoms with Gasteiger partial charge in [-0.2, -0.15) is 13.2 Å². The molecule has 12 heteroatoms. The number of aromatic nitrogens is 1. The summed E-state index contributed by atoms with van der Waals surface area (Å²) < 4.78 is 63.9. The Morgan fingerprint density at radius 2 is 1.68 bits per heavy atom. The van der Waals surface area contributed by atoms with Crippen LogP contribution in [-0.4, -0.2) is 52.9 Å². The minimum Gasteiger partial charge on any atom is -0.335 e. The number of carbonyl (C=O) groups excluding carboxylic acids is 2. The molecule has 28 heavy (non-hydrogen) atoms. The first kappa shape index (κ1) is 20.0. The van der Waals surface area contributed by atoms with Crippen molar-refractivity contribution in [2.45, 2.75) is 6.18 Å². The van der Waals surface area contributed by atoms with E-state index in [1.165, 1.54) is 15.9 Å². The van der Waals surface area contributed by atoms with Crippen LogP contribution in [0, 0.1) is 11.6 Å². The van der Waals surface area contributed by atoms with Gasteiger partial charge in [-0.15, -0.1) is 11.3 Å². The number of hydrogen-bond donors (Lipinski definition) is 1. The van der Waals surface area contributed by atoms with Crippen LogP contribution in [0.15, 0.2) is 23.6 Å². The van der Waals surface area contributed by atoms with E-state index in [4.69, 9.17) is 0 Å². The molecule has 0 bridgehead atoms. The van der Waals surface area contributed by atoms with Gasteiger partial charge in [-0.3, -0.25) is 10.1 Å². The van der Waals surface area contributed by atoms with E-state index >= 15 is 0 Å². The Bertz CT molecular complexity index is 893. The second-order valence-corrected chi connectivity index (χ2v) is 6.73. The van der Waals surface area contributed by atoms with Crippen molar-refractivity contribution in [2.75, 3.05) is 31.5 Å². The number of nitrogens with one attached hydrogen (secondary N) is 1. The van der Waals surface area contributed by atoms with Gasteiger partial charge >= 0.3 is 12.2 Å². The summed E-state index contributed by atoms with van der Waals surface area (Å²) in [5.74, 6) is -2.70. The number of benzene rings is 1. The topological polar surface area (TPSA) is 65.5 Å². The molecule has 0 aliphatic carbocycles. The lowest BCUT2D eigenvalue weighted by Gasteiger charge is -2.34. The normalized spacial score (nSPS) is 14.9. The van der Waals surface area contributed by atoms with Crippen molar-refractivity contribution in [1.29, 1.82) is 0 Å². The first-order valence-corrected chi connectivity index (χ1v) is 8.86. The van der Waals surface area contributed by atoms with Crippen LogP contribution in [0.4, 0.5) is 31.9 Å². The fourth-order valence-electron chi connectivity index (χ4n) is 2.56. The number of carbonyl (C=O) groups is 2. The van der Waals surface area contributed by atoms with Gasteiger partial charge in [0.05, 0.1) is 0 Å². The molecule has 1 aromatic heterocycles. The van der Waals surface area contributed by atoms with Gasteiger partial charge in [-0.05, 0) is 18.2 Å². The lowest BCUT2D eigenvalue weighted by Crippen LogP contribution is -2.51. The molecule has 1 saturated heterocycles. The van der Waals surface area contributed by atoms with Crippen LogP contribution in [0.25, 0.3) is 0 Å². The van der Waals surface area contributed by atoms with E-state index in [0.717, 1.165) is 17.5 Å². The van der Waals surface area contributed by atoms with Crippen molar-refractivity contribution >= 4 is 28.4 Å². The summed E-state index contributed by atoms with van der Waals surface area (Å²) in [5, 5.41) is 2.91. The summed E-state index contributed by atoms with van der Waals surface area (Å²) in [6, 6.07) is 2.19. The SMILES string of the molecule is O=C(Nc1nc(C(F)(F)F)cs1)N1CCN(C(=O)c2ccc(F)c(F)c2)CC1. The number of piperazine rings is 1. The second kappa shape index (κ2) is 7.70. The molecule has 0 saturated carbocycles. The maximum absolute atomic E-state index is 13.3. The average Bonchev–Trinajstić information content (AvgIpc) is 3.12. The van der Waals surface area contributed by atoms with Gasteiger partial charge in [-0.1, -0.05) is 0 Å². The Labute approximate surface area is 159 Å². The summed E-state index contributed by atoms with van der Waals surface area (Å²) in [6.45, 7) is 0.519. The Hall–Kier alpha value is -2.76. The molecule has 1 aromatic carbocycles. The van der Waals surface area contributed by atoms with Gasteiger partial charge in [0.25, 0.3) is 5.91 Å². The van der Waals surface area contributed by atoms with Crippen molar-refractivity contribution in [3.8, 4) is 0 Å². The van der Waals surface area contributed by atoms with Gasteiger partial charge in [0, 0.05) is 37.1 Å². The van der Waals surface area contributed by atoms with Crippen LogP contribution in [0.2, 0.25) is 0 Å². The highest BCUT2D eigenvalue weighted by atomic mass is 32.1. The number of amides is 3. The molecule has 0 unspecified atom stereocenters. The third-order valence-electron chi connectivity index (χ3n) is 4.03. The molecule has 1 N–H and O–H groups in total. The quantitative estimate of drug-likeness (QED) is 0.758. The van der Waals surface area contributed by atoms with Crippen LogP contribution in [-0.2, 0) is 6.18 Å². The summed E-state index contributed by atoms with van der Waals surface area (Å²) in [5.41, 5.74) is -1.10. The van der Waals surface area contributed by atoms with Crippen LogP contribution >= 0.6 is 11.3 Å². The molecule has 0 spiro atoms. The Morgan fingerprint density at radius 3 is 2.25 bits per heavy atom. The molecule has 3 amide bonds. The standard InChI is InChI=1S/C16H13F5N4O2S/c17-10-2-1-9(7-11(10)18)13(26)24-3-5-25(6-4-24)15(27)23-14-22-12(8-28-14)16(19,20)21/h1-2,7-8H,3-6H2,(H,22,23,27). The largest absolute Gasteiger partial charge is 0.434 e. The molecule has 2 aromatic rings. The average molecular weight is 420 g/mol. The second-order valence-electron chi connectivity index (χ2n) is 5.87. The molecule has 0 atom stereocenters. The number of nitrogens with zero attached hydrogens (tertiary/aromatic N) is 3. The monoisotopic (exact) mass is 420 g/mol. The van der Waals surface area contributed by atoms with Crippen molar-refractivity contribution in [3.05, 3.63) is 46.5 Å². The maximum Gasteiger partial charge on any atom is 0.434 e. The number of hydrogen-bond acceptors (Lipinski definition) is 4. The third kappa shape index (κ3) is 4.38. The van der Waals surface area contributed by atoms with E-state index in [-0.39, 0.29) is 36.9 Å². The van der Waals surface area contributed by atoms with Crippen molar-refractivity contribution in [2.24, 2.45) is 0 Å². The number of urea groups is 1. The summed E-state index contributed by atoms with van der Waals surface area (Å²) in [4.78, 5) is 30.5. The Morgan fingerprint density at radius 1 is 1.04 bits per heavy atom. The number of halogens is 5. The zero-order chi connectivity index (χ0) is 20.5. The first-order chi connectivity index (χ1) is 13.1. The molecule has 1 aliphatic heterocycles. The van der Waals surface area contributed by atoms with E-state index in [9.17, 15) is 31.5 Å². The van der Waals surface area contributed by atoms with Crippen LogP contribution in [0.5, 0.6) is 0 Å². The lowest BCUT2D eigenvalue weighted by atomic mass is 10.1. The molecule has 6 nitrogen and oxygen atoms in total. The van der Waals surface area contributed by atoms with Crippen molar-refractivity contribution in [3.63, 3.8) is 0 Å². The molecular weight excluding hydrogens is 407 g/mol. The van der Waals surface area contributed by atoms with Crippen molar-refractivity contribution in [1.82, 2.24) is 14.8 Å². The van der Waals surface area contributed by atoms with E-state index in [0.29, 0.717) is 11.3 Å². The van der Waals surface area contributed by atoms with E-state index in [2.05, 4.69) is 10.3 Å². The lowest BCUT2D eigenvalue weighted by molar-refractivity contribution is -0.140. The van der Waals surface area contributed by atoms with Crippen molar-refractivity contribution < 1.29 is 31.5 Å². The minimum absolute atomic E-state index is 0.0146. The van der Waals surface area contributed by atoms with E-state index < -0.39 is 35.4 Å². The van der Waals surface area contributed by atoms with E-state index in [1.807, 2.05) is 0 Å². The van der Waals surface area contributed by atoms with Gasteiger partial charge in [0.2, 0.25) is 0 Å². The summed E-state index contributed by atoms with van der Waals surface area (Å²) >= 11 is 0.654. The summed E-state index contributed by atoms with van der Waals surface area (Å²) in [6.07, 6.45) is -4.59. The number of rotatable bonds is 2. The summed E-state index contributed by atoms with van der Waals surface area (Å²) in [7, 11) is 0. The van der Waals surface area contributed by atoms with Gasteiger partial charge < -0.3 is 9.80 Å². The highest BCUT2D eigenvalue weighted by Gasteiger charge is 2.34. The molecule has 3 rings (SSSR count). The highest BCUT2D eigenvalue weighted by Crippen LogP contribution is 2.31. The fourth-order valence-corrected chi connectivity index (χ4v) is 3.26. The van der Waals surface area contributed by atoms with Gasteiger partial charge in [0.1, 0.15) is 0 Å². The number of anilines is 1. The zero-order valence-corrected chi connectivity index (χ0v) is 14.9. The van der Waals surface area contributed by atoms with E-state index in [1.54, 1.807) is 0 Å². The third-order valence-corrected chi connectivity index (χ3v) is 4.79. The molecule has 150 valence electrons. The highest BCUT2D eigenvalue weighted by molar-refractivity contribution is 7.13. The molecule has 1 aliphatic rings. The van der Waals surface area contributed by atoms with Crippen LogP contribution in [0.1, 0.15) is 16.1 Å². The molecule has 1 fully saturated rings. The van der Waals surface area contributed by atoms with Gasteiger partial charge in [-0.25, -0.2) is 18.6 Å². The minimum atomic E-state index is -4.59. The van der Waals surface area contributed by atoms with Crippen LogP contribution in [0.3, 0.4) is 0 Å². The number of alkyl halides is 3. The number of thiazole rings is 1. The van der Waals surface area contributed by atoms with Crippen LogP contribution < -0.4 is 5.32 Å². The Balaban J connectivity index is 1.55. The molecule has 0 radical (unpaired) electrons. The molecule has 2 heterocycles. The predicted octanol–water partition coefficient (Wildman–Crippen LogP) is 3.43. The van der Waals surface area contributed by atoms with Gasteiger partial charge in [0.15, 0.2) is 22.5 Å². The molecular formula is C16H13F5N4O2S. The maximum atomic E-state index is 13.3. The fraction of sp³-hybridized carbons (Fsp3) is 0.312. The Kier molecular flexibility index (Phi) is 5.49. The first-order valence-electron chi connectivity index (χ1n) is 7.98. The smallest absolute Gasteiger partial charge is 0.335 e. The predicted molar refractivity (Wildman–Crippen MR) is 90.0 cm³/mol.